The highest BCUT2D eigenvalue weighted by molar-refractivity contribution is 9.10. The fourth-order valence-corrected chi connectivity index (χ4v) is 3.43. The lowest BCUT2D eigenvalue weighted by Crippen LogP contribution is -2.49. The average molecular weight is 407 g/mol. The summed E-state index contributed by atoms with van der Waals surface area (Å²) in [7, 11) is 0. The molecule has 25 heavy (non-hydrogen) atoms. The van der Waals surface area contributed by atoms with E-state index in [2.05, 4.69) is 48.2 Å². The summed E-state index contributed by atoms with van der Waals surface area (Å²) in [6.07, 6.45) is 3.90. The van der Waals surface area contributed by atoms with Crippen molar-refractivity contribution in [2.75, 3.05) is 11.4 Å². The number of alkyl carbamates (subject to hydrolysis) is 1. The summed E-state index contributed by atoms with van der Waals surface area (Å²) in [5, 5.41) is 3.00. The van der Waals surface area contributed by atoms with Gasteiger partial charge in [-0.3, -0.25) is 0 Å². The third-order valence-corrected chi connectivity index (χ3v) is 4.42. The smallest absolute Gasteiger partial charge is 0.407 e. The van der Waals surface area contributed by atoms with Gasteiger partial charge in [0.05, 0.1) is 24.6 Å². The Labute approximate surface area is 156 Å². The SMILES string of the molecule is CC(C)(C)OC(=O)NC1Cc2cc(Br)ccc2N(Cc2cnc[nH]2)C1. The molecule has 0 spiro atoms. The third kappa shape index (κ3) is 4.75. The number of H-pyrrole nitrogens is 1. The van der Waals surface area contributed by atoms with Gasteiger partial charge < -0.3 is 19.9 Å². The molecule has 6 nitrogen and oxygen atoms in total. The molecule has 2 heterocycles. The fraction of sp³-hybridized carbons (Fsp3) is 0.444. The van der Waals surface area contributed by atoms with Gasteiger partial charge in [0.15, 0.2) is 0 Å². The van der Waals surface area contributed by atoms with Crippen LogP contribution < -0.4 is 10.2 Å². The van der Waals surface area contributed by atoms with Crippen LogP contribution in [0.4, 0.5) is 10.5 Å². The zero-order chi connectivity index (χ0) is 18.0. The molecule has 1 amide bonds. The molecule has 0 aliphatic carbocycles. The molecule has 1 aromatic carbocycles. The second-order valence-electron chi connectivity index (χ2n) is 7.28. The van der Waals surface area contributed by atoms with Gasteiger partial charge in [-0.2, -0.15) is 0 Å². The van der Waals surface area contributed by atoms with Crippen LogP contribution >= 0.6 is 15.9 Å². The summed E-state index contributed by atoms with van der Waals surface area (Å²) in [5.74, 6) is 0. The van der Waals surface area contributed by atoms with E-state index < -0.39 is 5.60 Å². The molecule has 1 unspecified atom stereocenters. The number of anilines is 1. The topological polar surface area (TPSA) is 70.2 Å². The van der Waals surface area contributed by atoms with E-state index in [9.17, 15) is 4.79 Å². The number of nitrogens with zero attached hydrogens (tertiary/aromatic N) is 2. The first kappa shape index (κ1) is 17.8. The van der Waals surface area contributed by atoms with E-state index in [1.165, 1.54) is 11.3 Å². The van der Waals surface area contributed by atoms with Crippen LogP contribution in [0.15, 0.2) is 35.2 Å². The van der Waals surface area contributed by atoms with E-state index in [1.807, 2.05) is 33.0 Å². The van der Waals surface area contributed by atoms with Crippen molar-refractivity contribution in [3.8, 4) is 0 Å². The maximum absolute atomic E-state index is 12.2. The van der Waals surface area contributed by atoms with E-state index in [0.29, 0.717) is 13.1 Å². The van der Waals surface area contributed by atoms with Crippen LogP contribution in [0.25, 0.3) is 0 Å². The number of amides is 1. The number of imidazole rings is 1. The molecular formula is C18H23BrN4O2. The Bertz CT molecular complexity index is 740. The summed E-state index contributed by atoms with van der Waals surface area (Å²) in [5.41, 5.74) is 2.91. The van der Waals surface area contributed by atoms with Gasteiger partial charge in [0.1, 0.15) is 5.60 Å². The molecule has 1 aliphatic rings. The number of ether oxygens (including phenoxy) is 1. The first-order valence-corrected chi connectivity index (χ1v) is 9.09. The number of hydrogen-bond donors (Lipinski definition) is 2. The van der Waals surface area contributed by atoms with E-state index in [1.54, 1.807) is 6.33 Å². The molecule has 134 valence electrons. The Morgan fingerprint density at radius 3 is 2.96 bits per heavy atom. The number of fused-ring (bicyclic) bond motifs is 1. The average Bonchev–Trinajstić information content (AvgIpc) is 2.97. The summed E-state index contributed by atoms with van der Waals surface area (Å²) < 4.78 is 6.43. The monoisotopic (exact) mass is 406 g/mol. The summed E-state index contributed by atoms with van der Waals surface area (Å²) in [6.45, 7) is 7.02. The maximum Gasteiger partial charge on any atom is 0.407 e. The van der Waals surface area contributed by atoms with E-state index in [4.69, 9.17) is 4.74 Å². The van der Waals surface area contributed by atoms with Crippen molar-refractivity contribution in [1.29, 1.82) is 0 Å². The second kappa shape index (κ2) is 7.07. The Morgan fingerprint density at radius 1 is 1.48 bits per heavy atom. The predicted molar refractivity (Wildman–Crippen MR) is 101 cm³/mol. The largest absolute Gasteiger partial charge is 0.444 e. The van der Waals surface area contributed by atoms with E-state index >= 15 is 0 Å². The van der Waals surface area contributed by atoms with Crippen molar-refractivity contribution in [3.05, 3.63) is 46.5 Å². The Hall–Kier alpha value is -2.02. The lowest BCUT2D eigenvalue weighted by molar-refractivity contribution is 0.0504. The minimum absolute atomic E-state index is 0.0143. The zero-order valence-corrected chi connectivity index (χ0v) is 16.3. The molecule has 0 saturated carbocycles. The van der Waals surface area contributed by atoms with Crippen LogP contribution in [-0.4, -0.2) is 34.2 Å². The van der Waals surface area contributed by atoms with Crippen LogP contribution in [-0.2, 0) is 17.7 Å². The molecule has 1 aromatic heterocycles. The van der Waals surface area contributed by atoms with Crippen LogP contribution in [0.3, 0.4) is 0 Å². The minimum atomic E-state index is -0.505. The summed E-state index contributed by atoms with van der Waals surface area (Å²) in [6, 6.07) is 6.25. The van der Waals surface area contributed by atoms with E-state index in [-0.39, 0.29) is 12.1 Å². The number of benzene rings is 1. The standard InChI is InChI=1S/C18H23BrN4O2/c1-18(2,3)25-17(24)22-14-7-12-6-13(19)4-5-16(12)23(9-14)10-15-8-20-11-21-15/h4-6,8,11,14H,7,9-10H2,1-3H3,(H,20,21)(H,22,24). The first-order chi connectivity index (χ1) is 11.8. The quantitative estimate of drug-likeness (QED) is 0.816. The van der Waals surface area contributed by atoms with Crippen molar-refractivity contribution in [3.63, 3.8) is 0 Å². The van der Waals surface area contributed by atoms with Gasteiger partial charge >= 0.3 is 6.09 Å². The van der Waals surface area contributed by atoms with Gasteiger partial charge in [-0.1, -0.05) is 15.9 Å². The highest BCUT2D eigenvalue weighted by Gasteiger charge is 2.27. The van der Waals surface area contributed by atoms with Crippen LogP contribution in [0.2, 0.25) is 0 Å². The molecule has 2 N–H and O–H groups in total. The van der Waals surface area contributed by atoms with Gasteiger partial charge in [0.2, 0.25) is 0 Å². The number of hydrogen-bond acceptors (Lipinski definition) is 4. The van der Waals surface area contributed by atoms with Gasteiger partial charge in [-0.15, -0.1) is 0 Å². The molecule has 0 fully saturated rings. The van der Waals surface area contributed by atoms with Crippen molar-refractivity contribution < 1.29 is 9.53 Å². The molecule has 3 rings (SSSR count). The van der Waals surface area contributed by atoms with Crippen molar-refractivity contribution in [1.82, 2.24) is 15.3 Å². The van der Waals surface area contributed by atoms with Crippen LogP contribution in [0.1, 0.15) is 32.0 Å². The predicted octanol–water partition coefficient (Wildman–Crippen LogP) is 3.63. The fourth-order valence-electron chi connectivity index (χ4n) is 3.02. The number of carbonyl (C=O) groups excluding carboxylic acids is 1. The molecule has 0 bridgehead atoms. The molecule has 0 saturated heterocycles. The van der Waals surface area contributed by atoms with Crippen molar-refractivity contribution in [2.24, 2.45) is 0 Å². The highest BCUT2D eigenvalue weighted by atomic mass is 79.9. The first-order valence-electron chi connectivity index (χ1n) is 8.30. The van der Waals surface area contributed by atoms with Gasteiger partial charge in [-0.05, 0) is 51.0 Å². The van der Waals surface area contributed by atoms with Crippen LogP contribution in [0, 0.1) is 0 Å². The van der Waals surface area contributed by atoms with E-state index in [0.717, 1.165) is 16.6 Å². The molecular weight excluding hydrogens is 384 g/mol. The lowest BCUT2D eigenvalue weighted by atomic mass is 9.97. The Morgan fingerprint density at radius 2 is 2.28 bits per heavy atom. The van der Waals surface area contributed by atoms with Gasteiger partial charge in [-0.25, -0.2) is 9.78 Å². The van der Waals surface area contributed by atoms with Gasteiger partial charge in [0, 0.05) is 22.9 Å². The molecule has 0 radical (unpaired) electrons. The number of nitrogens with one attached hydrogen (secondary N) is 2. The second-order valence-corrected chi connectivity index (χ2v) is 8.19. The Balaban J connectivity index is 1.78. The number of aromatic amines is 1. The molecule has 1 atom stereocenters. The maximum atomic E-state index is 12.2. The lowest BCUT2D eigenvalue weighted by Gasteiger charge is -2.36. The highest BCUT2D eigenvalue weighted by Crippen LogP contribution is 2.31. The minimum Gasteiger partial charge on any atom is -0.444 e. The summed E-state index contributed by atoms with van der Waals surface area (Å²) >= 11 is 3.53. The number of halogens is 1. The Kier molecular flexibility index (Phi) is 5.03. The normalized spacial score (nSPS) is 17.1. The molecule has 2 aromatic rings. The summed E-state index contributed by atoms with van der Waals surface area (Å²) in [4.78, 5) is 21.6. The number of carbonyl (C=O) groups is 1. The number of rotatable bonds is 3. The van der Waals surface area contributed by atoms with Crippen molar-refractivity contribution >= 4 is 27.7 Å². The number of aromatic nitrogens is 2. The zero-order valence-electron chi connectivity index (χ0n) is 14.7. The van der Waals surface area contributed by atoms with Crippen LogP contribution in [0.5, 0.6) is 0 Å². The molecule has 1 aliphatic heterocycles. The van der Waals surface area contributed by atoms with Gasteiger partial charge in [0.25, 0.3) is 0 Å². The van der Waals surface area contributed by atoms with Crippen molar-refractivity contribution in [2.45, 2.75) is 45.4 Å². The third-order valence-electron chi connectivity index (χ3n) is 3.93. The molecule has 7 heteroatoms.